The molecule has 1 aromatic heterocycles. The van der Waals surface area contributed by atoms with E-state index in [0.29, 0.717) is 30.5 Å². The second kappa shape index (κ2) is 8.09. The fourth-order valence-electron chi connectivity index (χ4n) is 5.17. The third-order valence-corrected chi connectivity index (χ3v) is 6.59. The monoisotopic (exact) mass is 366 g/mol. The maximum atomic E-state index is 12.6. The summed E-state index contributed by atoms with van der Waals surface area (Å²) in [5.74, 6) is 1.45. The van der Waals surface area contributed by atoms with Gasteiger partial charge in [0.2, 0.25) is 5.91 Å². The maximum Gasteiger partial charge on any atom is 0.223 e. The highest BCUT2D eigenvalue weighted by Crippen LogP contribution is 2.41. The molecule has 0 aliphatic heterocycles. The summed E-state index contributed by atoms with van der Waals surface area (Å²) < 4.78 is 2.10. The molecule has 2 bridgehead atoms. The van der Waals surface area contributed by atoms with E-state index in [-0.39, 0.29) is 24.2 Å². The lowest BCUT2D eigenvalue weighted by Gasteiger charge is -2.43. The minimum atomic E-state index is 0. The lowest BCUT2D eigenvalue weighted by atomic mass is 9.65. The first-order valence-electron chi connectivity index (χ1n) is 9.78. The number of nitrogens with two attached hydrogens (primary N) is 1. The zero-order chi connectivity index (χ0) is 16.5. The normalized spacial score (nSPS) is 32.2. The molecule has 3 N–H and O–H groups in total. The Morgan fingerprint density at radius 1 is 1.16 bits per heavy atom. The highest BCUT2D eigenvalue weighted by Gasteiger charge is 2.40. The van der Waals surface area contributed by atoms with Crippen molar-refractivity contribution in [2.75, 3.05) is 0 Å². The van der Waals surface area contributed by atoms with E-state index >= 15 is 0 Å². The van der Waals surface area contributed by atoms with E-state index in [9.17, 15) is 4.79 Å². The van der Waals surface area contributed by atoms with E-state index in [4.69, 9.17) is 5.73 Å². The van der Waals surface area contributed by atoms with Gasteiger partial charge in [0.25, 0.3) is 0 Å². The van der Waals surface area contributed by atoms with Crippen molar-refractivity contribution in [3.8, 4) is 0 Å². The molecular weight excluding hydrogens is 336 g/mol. The fourth-order valence-corrected chi connectivity index (χ4v) is 5.17. The van der Waals surface area contributed by atoms with Crippen molar-refractivity contribution in [3.05, 3.63) is 18.0 Å². The predicted octanol–water partition coefficient (Wildman–Crippen LogP) is 3.19. The second-order valence-electron chi connectivity index (χ2n) is 8.14. The van der Waals surface area contributed by atoms with Gasteiger partial charge in [0.1, 0.15) is 0 Å². The number of nitrogens with one attached hydrogen (secondary N) is 1. The Kier molecular flexibility index (Phi) is 6.05. The summed E-state index contributed by atoms with van der Waals surface area (Å²) in [5, 5.41) is 7.78. The summed E-state index contributed by atoms with van der Waals surface area (Å²) >= 11 is 0. The number of hydrogen-bond donors (Lipinski definition) is 2. The minimum Gasteiger partial charge on any atom is -0.350 e. The average Bonchev–Trinajstić information content (AvgIpc) is 3.23. The van der Waals surface area contributed by atoms with Crippen LogP contribution in [-0.4, -0.2) is 21.7 Å². The molecule has 2 atom stereocenters. The van der Waals surface area contributed by atoms with Crippen LogP contribution in [0.2, 0.25) is 0 Å². The van der Waals surface area contributed by atoms with Crippen molar-refractivity contribution >= 4 is 18.3 Å². The van der Waals surface area contributed by atoms with E-state index < -0.39 is 0 Å². The van der Waals surface area contributed by atoms with Crippen LogP contribution < -0.4 is 11.1 Å². The SMILES string of the molecule is Cl.NC1C2CCCC1CC(C(=O)NCc1ccn(C3CCCC3)n1)C2. The first-order chi connectivity index (χ1) is 11.7. The summed E-state index contributed by atoms with van der Waals surface area (Å²) in [6.45, 7) is 0.552. The number of nitrogens with zero attached hydrogens (tertiary/aromatic N) is 2. The molecule has 0 saturated heterocycles. The van der Waals surface area contributed by atoms with Gasteiger partial charge in [-0.25, -0.2) is 0 Å². The quantitative estimate of drug-likeness (QED) is 0.859. The van der Waals surface area contributed by atoms with Crippen molar-refractivity contribution in [2.45, 2.75) is 76.4 Å². The van der Waals surface area contributed by atoms with E-state index in [2.05, 4.69) is 21.3 Å². The lowest BCUT2D eigenvalue weighted by Crippen LogP contribution is -2.49. The molecule has 1 heterocycles. The van der Waals surface area contributed by atoms with Crippen LogP contribution in [0.5, 0.6) is 0 Å². The molecule has 6 heteroatoms. The molecule has 3 fully saturated rings. The van der Waals surface area contributed by atoms with Crippen LogP contribution in [0.3, 0.4) is 0 Å². The van der Waals surface area contributed by atoms with E-state index in [1.165, 1.54) is 44.9 Å². The number of halogens is 1. The van der Waals surface area contributed by atoms with Crippen LogP contribution >= 0.6 is 12.4 Å². The van der Waals surface area contributed by atoms with Gasteiger partial charge in [-0.1, -0.05) is 19.3 Å². The van der Waals surface area contributed by atoms with Gasteiger partial charge in [0.05, 0.1) is 18.3 Å². The number of carbonyl (C=O) groups excluding carboxylic acids is 1. The van der Waals surface area contributed by atoms with E-state index in [0.717, 1.165) is 18.5 Å². The van der Waals surface area contributed by atoms with E-state index in [1.54, 1.807) is 0 Å². The Morgan fingerprint density at radius 3 is 2.52 bits per heavy atom. The van der Waals surface area contributed by atoms with Crippen LogP contribution in [0.1, 0.15) is 69.5 Å². The molecule has 2 unspecified atom stereocenters. The lowest BCUT2D eigenvalue weighted by molar-refractivity contribution is -0.128. The first kappa shape index (κ1) is 18.7. The molecule has 4 rings (SSSR count). The van der Waals surface area contributed by atoms with Crippen LogP contribution in [0.4, 0.5) is 0 Å². The van der Waals surface area contributed by atoms with Gasteiger partial charge in [0, 0.05) is 18.2 Å². The molecule has 25 heavy (non-hydrogen) atoms. The van der Waals surface area contributed by atoms with Crippen molar-refractivity contribution in [3.63, 3.8) is 0 Å². The molecule has 0 aromatic carbocycles. The maximum absolute atomic E-state index is 12.6. The van der Waals surface area contributed by atoms with E-state index in [1.807, 2.05) is 6.07 Å². The summed E-state index contributed by atoms with van der Waals surface area (Å²) in [4.78, 5) is 12.6. The van der Waals surface area contributed by atoms with Gasteiger partial charge in [-0.3, -0.25) is 9.48 Å². The Bertz CT molecular complexity index is 570. The molecule has 3 aliphatic rings. The number of aromatic nitrogens is 2. The van der Waals surface area contributed by atoms with Crippen molar-refractivity contribution in [1.29, 1.82) is 0 Å². The highest BCUT2D eigenvalue weighted by atomic mass is 35.5. The predicted molar refractivity (Wildman–Crippen MR) is 100 cm³/mol. The number of hydrogen-bond acceptors (Lipinski definition) is 3. The molecule has 3 saturated carbocycles. The molecule has 0 spiro atoms. The molecule has 3 aliphatic carbocycles. The van der Waals surface area contributed by atoms with Gasteiger partial charge >= 0.3 is 0 Å². The molecule has 1 aromatic rings. The number of amides is 1. The highest BCUT2D eigenvalue weighted by molar-refractivity contribution is 5.85. The van der Waals surface area contributed by atoms with Crippen LogP contribution in [0, 0.1) is 17.8 Å². The molecule has 1 amide bonds. The van der Waals surface area contributed by atoms with Crippen molar-refractivity contribution in [2.24, 2.45) is 23.5 Å². The minimum absolute atomic E-state index is 0. The summed E-state index contributed by atoms with van der Waals surface area (Å²) in [7, 11) is 0. The number of fused-ring (bicyclic) bond motifs is 2. The Labute approximate surface area is 156 Å². The standard InChI is InChI=1S/C19H30N4O.ClH/c20-18-13-4-3-5-14(18)11-15(10-13)19(24)21-12-16-8-9-23(22-16)17-6-1-2-7-17;/h8-9,13-15,17-18H,1-7,10-12,20H2,(H,21,24);1H. The zero-order valence-electron chi connectivity index (χ0n) is 14.9. The Morgan fingerprint density at radius 2 is 1.84 bits per heavy atom. The Balaban J connectivity index is 0.00000182. The largest absolute Gasteiger partial charge is 0.350 e. The Hall–Kier alpha value is -1.07. The van der Waals surface area contributed by atoms with Crippen LogP contribution in [-0.2, 0) is 11.3 Å². The number of rotatable bonds is 4. The van der Waals surface area contributed by atoms with Gasteiger partial charge in [-0.05, 0) is 56.4 Å². The number of carbonyl (C=O) groups is 1. The topological polar surface area (TPSA) is 72.9 Å². The average molecular weight is 367 g/mol. The molecule has 0 radical (unpaired) electrons. The van der Waals surface area contributed by atoms with Crippen molar-refractivity contribution in [1.82, 2.24) is 15.1 Å². The third kappa shape index (κ3) is 4.03. The van der Waals surface area contributed by atoms with Gasteiger partial charge in [0.15, 0.2) is 0 Å². The van der Waals surface area contributed by atoms with Crippen LogP contribution in [0.15, 0.2) is 12.3 Å². The van der Waals surface area contributed by atoms with Crippen molar-refractivity contribution < 1.29 is 4.79 Å². The van der Waals surface area contributed by atoms with Gasteiger partial charge in [-0.15, -0.1) is 12.4 Å². The zero-order valence-corrected chi connectivity index (χ0v) is 15.7. The smallest absolute Gasteiger partial charge is 0.223 e. The summed E-state index contributed by atoms with van der Waals surface area (Å²) in [6.07, 6.45) is 12.8. The second-order valence-corrected chi connectivity index (χ2v) is 8.14. The third-order valence-electron chi connectivity index (χ3n) is 6.59. The molecule has 5 nitrogen and oxygen atoms in total. The summed E-state index contributed by atoms with van der Waals surface area (Å²) in [6, 6.07) is 2.93. The van der Waals surface area contributed by atoms with Crippen LogP contribution in [0.25, 0.3) is 0 Å². The van der Waals surface area contributed by atoms with Gasteiger partial charge in [-0.2, -0.15) is 5.10 Å². The molecular formula is C19H31ClN4O. The van der Waals surface area contributed by atoms with Gasteiger partial charge < -0.3 is 11.1 Å². The fraction of sp³-hybridized carbons (Fsp3) is 0.789. The first-order valence-corrected chi connectivity index (χ1v) is 9.78. The molecule has 140 valence electrons. The summed E-state index contributed by atoms with van der Waals surface area (Å²) in [5.41, 5.74) is 7.30.